The minimum atomic E-state index is -0.746. The number of rotatable bonds is 6. The Hall–Kier alpha value is -2.04. The summed E-state index contributed by atoms with van der Waals surface area (Å²) in [5.41, 5.74) is 1.13. The maximum Gasteiger partial charge on any atom is 0.306 e. The molecule has 0 radical (unpaired) electrons. The van der Waals surface area contributed by atoms with Crippen LogP contribution in [0.15, 0.2) is 24.3 Å². The van der Waals surface area contributed by atoms with Gasteiger partial charge in [0.1, 0.15) is 12.4 Å². The molecule has 1 aliphatic rings. The van der Waals surface area contributed by atoms with Crippen molar-refractivity contribution in [3.05, 3.63) is 29.8 Å². The summed E-state index contributed by atoms with van der Waals surface area (Å²) in [6, 6.07) is 7.72. The number of ether oxygens (including phenoxy) is 1. The average Bonchev–Trinajstić information content (AvgIpc) is 2.53. The van der Waals surface area contributed by atoms with Gasteiger partial charge in [-0.05, 0) is 57.2 Å². The zero-order valence-electron chi connectivity index (χ0n) is 13.7. The van der Waals surface area contributed by atoms with Gasteiger partial charge >= 0.3 is 5.97 Å². The molecular weight excluding hydrogens is 294 g/mol. The lowest BCUT2D eigenvalue weighted by Crippen LogP contribution is -2.41. The molecule has 0 saturated heterocycles. The topological polar surface area (TPSA) is 75.6 Å². The zero-order chi connectivity index (χ0) is 16.8. The Balaban J connectivity index is 1.73. The monoisotopic (exact) mass is 319 g/mol. The van der Waals surface area contributed by atoms with Gasteiger partial charge in [-0.15, -0.1) is 0 Å². The molecule has 23 heavy (non-hydrogen) atoms. The minimum absolute atomic E-state index is 0.00850. The van der Waals surface area contributed by atoms with Gasteiger partial charge in [0.25, 0.3) is 0 Å². The highest BCUT2D eigenvalue weighted by Gasteiger charge is 2.30. The summed E-state index contributed by atoms with van der Waals surface area (Å²) in [6.45, 7) is 4.34. The highest BCUT2D eigenvalue weighted by atomic mass is 16.5. The fourth-order valence-corrected chi connectivity index (χ4v) is 2.93. The molecule has 1 atom stereocenters. The van der Waals surface area contributed by atoms with Crippen LogP contribution >= 0.6 is 0 Å². The molecule has 1 aromatic carbocycles. The maximum absolute atomic E-state index is 12.2. The molecule has 1 aromatic rings. The summed E-state index contributed by atoms with van der Waals surface area (Å²) < 4.78 is 5.69. The summed E-state index contributed by atoms with van der Waals surface area (Å²) >= 11 is 0. The second kappa shape index (κ2) is 7.99. The zero-order valence-corrected chi connectivity index (χ0v) is 13.7. The molecule has 0 spiro atoms. The molecule has 1 unspecified atom stereocenters. The molecular formula is C18H25NO4. The Bertz CT molecular complexity index is 550. The molecule has 126 valence electrons. The highest BCUT2D eigenvalue weighted by Crippen LogP contribution is 2.29. The standard InChI is InChI=1S/C18H25NO4/c1-12-4-3-5-16(10-12)23-11-13(2)19-17(20)14-6-8-15(9-7-14)18(21)22/h3-5,10,13-15H,6-9,11H2,1-2H3,(H,19,20)(H,21,22). The SMILES string of the molecule is Cc1cccc(OCC(C)NC(=O)C2CCC(C(=O)O)CC2)c1. The third-order valence-corrected chi connectivity index (χ3v) is 4.33. The molecule has 0 bridgehead atoms. The average molecular weight is 319 g/mol. The molecule has 0 aromatic heterocycles. The number of aliphatic carboxylic acids is 1. The number of amides is 1. The van der Waals surface area contributed by atoms with Crippen molar-refractivity contribution in [2.45, 2.75) is 45.6 Å². The van der Waals surface area contributed by atoms with Gasteiger partial charge in [0.05, 0.1) is 12.0 Å². The van der Waals surface area contributed by atoms with Crippen LogP contribution in [0.5, 0.6) is 5.75 Å². The molecule has 1 saturated carbocycles. The normalized spacial score (nSPS) is 22.2. The smallest absolute Gasteiger partial charge is 0.306 e. The van der Waals surface area contributed by atoms with Crippen LogP contribution in [0.4, 0.5) is 0 Å². The first-order chi connectivity index (χ1) is 11.0. The van der Waals surface area contributed by atoms with Crippen molar-refractivity contribution < 1.29 is 19.4 Å². The molecule has 0 aliphatic heterocycles. The van der Waals surface area contributed by atoms with Gasteiger partial charge in [-0.2, -0.15) is 0 Å². The second-order valence-electron chi connectivity index (χ2n) is 6.42. The van der Waals surface area contributed by atoms with E-state index in [1.165, 1.54) is 0 Å². The summed E-state index contributed by atoms with van der Waals surface area (Å²) in [5.74, 6) is -0.306. The molecule has 5 nitrogen and oxygen atoms in total. The van der Waals surface area contributed by atoms with Crippen LogP contribution in [0.2, 0.25) is 0 Å². The fraction of sp³-hybridized carbons (Fsp3) is 0.556. The van der Waals surface area contributed by atoms with Crippen molar-refractivity contribution in [3.8, 4) is 5.75 Å². The molecule has 1 fully saturated rings. The van der Waals surface area contributed by atoms with E-state index in [0.29, 0.717) is 32.3 Å². The van der Waals surface area contributed by atoms with E-state index in [2.05, 4.69) is 5.32 Å². The second-order valence-corrected chi connectivity index (χ2v) is 6.42. The number of carbonyl (C=O) groups is 2. The Labute approximate surface area is 137 Å². The summed E-state index contributed by atoms with van der Waals surface area (Å²) in [6.07, 6.45) is 2.46. The molecule has 2 N–H and O–H groups in total. The van der Waals surface area contributed by atoms with E-state index in [4.69, 9.17) is 9.84 Å². The van der Waals surface area contributed by atoms with E-state index in [9.17, 15) is 9.59 Å². The van der Waals surface area contributed by atoms with Crippen LogP contribution in [-0.2, 0) is 9.59 Å². The number of carbonyl (C=O) groups excluding carboxylic acids is 1. The molecule has 2 rings (SSSR count). The van der Waals surface area contributed by atoms with Gasteiger partial charge in [0.15, 0.2) is 0 Å². The Kier molecular flexibility index (Phi) is 6.02. The van der Waals surface area contributed by atoms with Crippen molar-refractivity contribution in [2.75, 3.05) is 6.61 Å². The molecule has 5 heteroatoms. The van der Waals surface area contributed by atoms with Crippen molar-refractivity contribution in [1.29, 1.82) is 0 Å². The lowest BCUT2D eigenvalue weighted by Gasteiger charge is -2.26. The van der Waals surface area contributed by atoms with E-state index in [1.54, 1.807) is 0 Å². The van der Waals surface area contributed by atoms with Gasteiger partial charge in [-0.3, -0.25) is 9.59 Å². The third-order valence-electron chi connectivity index (χ3n) is 4.33. The number of hydrogen-bond acceptors (Lipinski definition) is 3. The van der Waals surface area contributed by atoms with Gasteiger partial charge in [0.2, 0.25) is 5.91 Å². The van der Waals surface area contributed by atoms with Gasteiger partial charge in [0, 0.05) is 5.92 Å². The van der Waals surface area contributed by atoms with Gasteiger partial charge in [-0.1, -0.05) is 12.1 Å². The largest absolute Gasteiger partial charge is 0.491 e. The van der Waals surface area contributed by atoms with Crippen LogP contribution in [0.25, 0.3) is 0 Å². The van der Waals surface area contributed by atoms with E-state index in [0.717, 1.165) is 11.3 Å². The fourth-order valence-electron chi connectivity index (χ4n) is 2.93. The van der Waals surface area contributed by atoms with Crippen LogP contribution in [-0.4, -0.2) is 29.6 Å². The predicted molar refractivity (Wildman–Crippen MR) is 87.4 cm³/mol. The lowest BCUT2D eigenvalue weighted by atomic mass is 9.81. The Morgan fingerprint density at radius 2 is 1.91 bits per heavy atom. The van der Waals surface area contributed by atoms with Crippen molar-refractivity contribution in [2.24, 2.45) is 11.8 Å². The van der Waals surface area contributed by atoms with Crippen LogP contribution in [0.3, 0.4) is 0 Å². The number of carboxylic acid groups (broad SMARTS) is 1. The quantitative estimate of drug-likeness (QED) is 0.845. The van der Waals surface area contributed by atoms with Crippen LogP contribution in [0, 0.1) is 18.8 Å². The van der Waals surface area contributed by atoms with E-state index in [-0.39, 0.29) is 23.8 Å². The van der Waals surface area contributed by atoms with E-state index in [1.807, 2.05) is 38.1 Å². The van der Waals surface area contributed by atoms with Gasteiger partial charge < -0.3 is 15.2 Å². The first kappa shape index (κ1) is 17.3. The van der Waals surface area contributed by atoms with Crippen molar-refractivity contribution >= 4 is 11.9 Å². The van der Waals surface area contributed by atoms with Crippen LogP contribution in [0.1, 0.15) is 38.2 Å². The molecule has 1 aliphatic carbocycles. The van der Waals surface area contributed by atoms with Crippen molar-refractivity contribution in [3.63, 3.8) is 0 Å². The number of aryl methyl sites for hydroxylation is 1. The summed E-state index contributed by atoms with van der Waals surface area (Å²) in [7, 11) is 0. The number of benzene rings is 1. The van der Waals surface area contributed by atoms with E-state index < -0.39 is 5.97 Å². The summed E-state index contributed by atoms with van der Waals surface area (Å²) in [4.78, 5) is 23.2. The first-order valence-electron chi connectivity index (χ1n) is 8.18. The summed E-state index contributed by atoms with van der Waals surface area (Å²) in [5, 5.41) is 12.0. The van der Waals surface area contributed by atoms with Gasteiger partial charge in [-0.25, -0.2) is 0 Å². The third kappa shape index (κ3) is 5.27. The lowest BCUT2D eigenvalue weighted by molar-refractivity contribution is -0.144. The van der Waals surface area contributed by atoms with Crippen LogP contribution < -0.4 is 10.1 Å². The molecule has 0 heterocycles. The maximum atomic E-state index is 12.2. The highest BCUT2D eigenvalue weighted by molar-refractivity contribution is 5.79. The number of carboxylic acids is 1. The predicted octanol–water partition coefficient (Wildman–Crippen LogP) is 2.77. The molecule has 1 amide bonds. The van der Waals surface area contributed by atoms with E-state index >= 15 is 0 Å². The Morgan fingerprint density at radius 3 is 2.52 bits per heavy atom. The number of nitrogens with one attached hydrogen (secondary N) is 1. The number of hydrogen-bond donors (Lipinski definition) is 2. The first-order valence-corrected chi connectivity index (χ1v) is 8.18. The Morgan fingerprint density at radius 1 is 1.26 bits per heavy atom. The minimum Gasteiger partial charge on any atom is -0.491 e. The van der Waals surface area contributed by atoms with Crippen molar-refractivity contribution in [1.82, 2.24) is 5.32 Å².